The predicted molar refractivity (Wildman–Crippen MR) is 131 cm³/mol. The Morgan fingerprint density at radius 1 is 0.886 bits per heavy atom. The molecule has 2 aromatic rings. The van der Waals surface area contributed by atoms with Crippen molar-refractivity contribution in [1.29, 1.82) is 0 Å². The quantitative estimate of drug-likeness (QED) is 0.512. The number of fused-ring (bicyclic) bond motifs is 3. The molecular weight excluding hydrogens is 444 g/mol. The fourth-order valence-corrected chi connectivity index (χ4v) is 5.66. The number of hydrogen-bond donors (Lipinski definition) is 3. The van der Waals surface area contributed by atoms with Crippen LogP contribution in [0.4, 0.5) is 4.79 Å². The Bertz CT molecular complexity index is 1070. The summed E-state index contributed by atoms with van der Waals surface area (Å²) >= 11 is 0. The van der Waals surface area contributed by atoms with Crippen molar-refractivity contribution in [2.24, 2.45) is 11.8 Å². The first kappa shape index (κ1) is 23.4. The van der Waals surface area contributed by atoms with Gasteiger partial charge in [-0.3, -0.25) is 4.79 Å². The molecule has 3 N–H and O–H groups in total. The number of carboxylic acids is 1. The van der Waals surface area contributed by atoms with Gasteiger partial charge in [-0.15, -0.1) is 0 Å². The molecule has 7 nitrogen and oxygen atoms in total. The van der Waals surface area contributed by atoms with Gasteiger partial charge in [-0.2, -0.15) is 0 Å². The summed E-state index contributed by atoms with van der Waals surface area (Å²) in [7, 11) is 0. The molecule has 3 atom stereocenters. The van der Waals surface area contributed by atoms with Crippen LogP contribution in [-0.4, -0.2) is 41.8 Å². The van der Waals surface area contributed by atoms with E-state index in [1.165, 1.54) is 11.1 Å². The zero-order valence-electron chi connectivity index (χ0n) is 19.7. The Labute approximate surface area is 205 Å². The number of rotatable bonds is 7. The summed E-state index contributed by atoms with van der Waals surface area (Å²) in [6, 6.07) is 15.1. The van der Waals surface area contributed by atoms with Crippen LogP contribution in [0.15, 0.2) is 48.5 Å². The van der Waals surface area contributed by atoms with Gasteiger partial charge >= 0.3 is 12.1 Å². The number of carbonyl (C=O) groups excluding carboxylic acids is 2. The lowest BCUT2D eigenvalue weighted by Crippen LogP contribution is -2.51. The molecule has 3 aliphatic rings. The maximum absolute atomic E-state index is 13.1. The summed E-state index contributed by atoms with van der Waals surface area (Å²) in [5.41, 5.74) is 4.63. The lowest BCUT2D eigenvalue weighted by molar-refractivity contribution is -0.143. The number of nitrogens with one attached hydrogen (secondary N) is 2. The number of ether oxygens (including phenoxy) is 1. The van der Waals surface area contributed by atoms with E-state index < -0.39 is 24.0 Å². The molecule has 0 spiro atoms. The standard InChI is InChI=1S/C28H32N2O5/c31-26(30-25(27(32)33)17-14-15-17)22-12-2-1-3-13-24(22)29-28(34)35-16-23-20-10-6-4-8-18(20)19-9-5-7-11-21(19)23/h4-11,17,22-25H,1-3,12-16H2,(H,29,34)(H,30,31)(H,32,33)/t22-,24+,25?/m0/s1. The third-order valence-corrected chi connectivity index (χ3v) is 7.66. The molecule has 0 saturated heterocycles. The first-order valence-corrected chi connectivity index (χ1v) is 12.7. The molecule has 0 aromatic heterocycles. The van der Waals surface area contributed by atoms with Crippen molar-refractivity contribution in [2.45, 2.75) is 62.9 Å². The van der Waals surface area contributed by atoms with E-state index in [0.717, 1.165) is 43.2 Å². The smallest absolute Gasteiger partial charge is 0.407 e. The first-order valence-electron chi connectivity index (χ1n) is 12.7. The van der Waals surface area contributed by atoms with E-state index >= 15 is 0 Å². The van der Waals surface area contributed by atoms with Crippen LogP contribution in [-0.2, 0) is 14.3 Å². The molecule has 2 saturated carbocycles. The van der Waals surface area contributed by atoms with Crippen molar-refractivity contribution < 1.29 is 24.2 Å². The van der Waals surface area contributed by atoms with Gasteiger partial charge in [-0.25, -0.2) is 9.59 Å². The number of amides is 2. The zero-order valence-corrected chi connectivity index (χ0v) is 19.7. The van der Waals surface area contributed by atoms with Gasteiger partial charge in [0, 0.05) is 12.0 Å². The Hall–Kier alpha value is -3.35. The molecule has 0 heterocycles. The minimum absolute atomic E-state index is 0.00997. The summed E-state index contributed by atoms with van der Waals surface area (Å²) < 4.78 is 5.70. The Balaban J connectivity index is 1.23. The van der Waals surface area contributed by atoms with Gasteiger partial charge in [0.25, 0.3) is 0 Å². The molecule has 35 heavy (non-hydrogen) atoms. The Kier molecular flexibility index (Phi) is 6.75. The highest BCUT2D eigenvalue weighted by atomic mass is 16.5. The summed E-state index contributed by atoms with van der Waals surface area (Å²) in [4.78, 5) is 37.5. The molecular formula is C28H32N2O5. The van der Waals surface area contributed by atoms with E-state index in [4.69, 9.17) is 4.74 Å². The van der Waals surface area contributed by atoms with Crippen LogP contribution in [0.3, 0.4) is 0 Å². The largest absolute Gasteiger partial charge is 0.480 e. The van der Waals surface area contributed by atoms with Gasteiger partial charge in [0.05, 0.1) is 5.92 Å². The lowest BCUT2D eigenvalue weighted by Gasteiger charge is -2.27. The predicted octanol–water partition coefficient (Wildman–Crippen LogP) is 4.45. The molecule has 2 amide bonds. The van der Waals surface area contributed by atoms with E-state index in [9.17, 15) is 19.5 Å². The monoisotopic (exact) mass is 476 g/mol. The first-order chi connectivity index (χ1) is 17.0. The van der Waals surface area contributed by atoms with Gasteiger partial charge in [0.1, 0.15) is 12.6 Å². The number of carbonyl (C=O) groups is 3. The lowest BCUT2D eigenvalue weighted by atomic mass is 9.93. The van der Waals surface area contributed by atoms with Crippen molar-refractivity contribution in [1.82, 2.24) is 10.6 Å². The minimum atomic E-state index is -0.990. The maximum atomic E-state index is 13.1. The molecule has 0 bridgehead atoms. The highest BCUT2D eigenvalue weighted by Crippen LogP contribution is 2.44. The van der Waals surface area contributed by atoms with Crippen LogP contribution in [0.1, 0.15) is 62.0 Å². The van der Waals surface area contributed by atoms with Crippen LogP contribution in [0, 0.1) is 11.8 Å². The van der Waals surface area contributed by atoms with Gasteiger partial charge in [-0.05, 0) is 53.9 Å². The minimum Gasteiger partial charge on any atom is -0.480 e. The van der Waals surface area contributed by atoms with Crippen molar-refractivity contribution in [3.8, 4) is 11.1 Å². The average Bonchev–Trinajstić information content (AvgIpc) is 3.67. The van der Waals surface area contributed by atoms with Gasteiger partial charge in [-0.1, -0.05) is 67.8 Å². The molecule has 0 radical (unpaired) electrons. The van der Waals surface area contributed by atoms with Gasteiger partial charge in [0.2, 0.25) is 5.91 Å². The third-order valence-electron chi connectivity index (χ3n) is 7.66. The van der Waals surface area contributed by atoms with Crippen molar-refractivity contribution in [3.05, 3.63) is 59.7 Å². The molecule has 3 aliphatic carbocycles. The summed E-state index contributed by atoms with van der Waals surface area (Å²) in [5, 5.41) is 15.2. The second kappa shape index (κ2) is 10.1. The molecule has 184 valence electrons. The highest BCUT2D eigenvalue weighted by Gasteiger charge is 2.40. The fraction of sp³-hybridized carbons (Fsp3) is 0.464. The van der Waals surface area contributed by atoms with Crippen LogP contribution in [0.25, 0.3) is 11.1 Å². The number of alkyl carbamates (subject to hydrolysis) is 1. The van der Waals surface area contributed by atoms with Crippen LogP contribution in [0.2, 0.25) is 0 Å². The molecule has 2 fully saturated rings. The van der Waals surface area contributed by atoms with Gasteiger partial charge < -0.3 is 20.5 Å². The highest BCUT2D eigenvalue weighted by molar-refractivity contribution is 5.86. The zero-order chi connectivity index (χ0) is 24.4. The molecule has 5 rings (SSSR count). The van der Waals surface area contributed by atoms with Crippen molar-refractivity contribution >= 4 is 18.0 Å². The molecule has 0 aliphatic heterocycles. The Morgan fingerprint density at radius 2 is 1.51 bits per heavy atom. The van der Waals surface area contributed by atoms with Crippen molar-refractivity contribution in [2.75, 3.05) is 6.61 Å². The van der Waals surface area contributed by atoms with Crippen molar-refractivity contribution in [3.63, 3.8) is 0 Å². The summed E-state index contributed by atoms with van der Waals surface area (Å²) in [6.07, 6.45) is 5.17. The second-order valence-electron chi connectivity index (χ2n) is 9.98. The third kappa shape index (κ3) is 5.04. The molecule has 7 heteroatoms. The number of carboxylic acid groups (broad SMARTS) is 1. The van der Waals surface area contributed by atoms with Gasteiger partial charge in [0.15, 0.2) is 0 Å². The number of hydrogen-bond acceptors (Lipinski definition) is 4. The van der Waals surface area contributed by atoms with Crippen LogP contribution in [0.5, 0.6) is 0 Å². The number of benzene rings is 2. The van der Waals surface area contributed by atoms with E-state index in [-0.39, 0.29) is 30.4 Å². The average molecular weight is 477 g/mol. The maximum Gasteiger partial charge on any atom is 0.407 e. The fourth-order valence-electron chi connectivity index (χ4n) is 5.66. The van der Waals surface area contributed by atoms with Crippen LogP contribution < -0.4 is 10.6 Å². The Morgan fingerprint density at radius 3 is 2.14 bits per heavy atom. The SMILES string of the molecule is O=C(N[C@@H]1CCCCC[C@@H]1C(=O)NC(C(=O)O)C1CC1)OCC1c2ccccc2-c2ccccc21. The summed E-state index contributed by atoms with van der Waals surface area (Å²) in [6.45, 7) is 0.214. The van der Waals surface area contributed by atoms with E-state index in [1.807, 2.05) is 24.3 Å². The van der Waals surface area contributed by atoms with E-state index in [0.29, 0.717) is 12.8 Å². The molecule has 2 aromatic carbocycles. The van der Waals surface area contributed by atoms with Crippen LogP contribution >= 0.6 is 0 Å². The second-order valence-corrected chi connectivity index (χ2v) is 9.98. The normalized spacial score (nSPS) is 22.3. The molecule has 1 unspecified atom stereocenters. The number of aliphatic carboxylic acids is 1. The van der Waals surface area contributed by atoms with E-state index in [2.05, 4.69) is 34.9 Å². The topological polar surface area (TPSA) is 105 Å². The van der Waals surface area contributed by atoms with E-state index in [1.54, 1.807) is 0 Å². The summed E-state index contributed by atoms with van der Waals surface area (Å²) in [5.74, 6) is -1.75.